The van der Waals surface area contributed by atoms with Gasteiger partial charge in [-0.1, -0.05) is 26.8 Å². The zero-order valence-corrected chi connectivity index (χ0v) is 15.7. The van der Waals surface area contributed by atoms with E-state index in [-0.39, 0.29) is 5.04 Å². The number of hydrogen-bond donors (Lipinski definition) is 0. The number of rotatable bonds is 7. The van der Waals surface area contributed by atoms with Crippen LogP contribution in [0.4, 0.5) is 0 Å². The van der Waals surface area contributed by atoms with E-state index in [1.54, 1.807) is 6.08 Å². The molecule has 1 aliphatic rings. The molecule has 1 aliphatic carbocycles. The maximum Gasteiger partial charge on any atom is 0.331 e. The summed E-state index contributed by atoms with van der Waals surface area (Å²) in [7, 11) is 0.798. The number of carbonyl (C=O) groups is 2. The molecule has 0 aliphatic heterocycles. The lowest BCUT2D eigenvalue weighted by atomic mass is 9.98. The summed E-state index contributed by atoms with van der Waals surface area (Å²) >= 11 is 0. The second-order valence-electron chi connectivity index (χ2n) is 7.17. The fourth-order valence-corrected chi connectivity index (χ4v) is 3.17. The van der Waals surface area contributed by atoms with Gasteiger partial charge in [-0.2, -0.15) is 0 Å². The Hall–Kier alpha value is -1.14. The Balaban J connectivity index is 2.49. The van der Waals surface area contributed by atoms with Crippen LogP contribution >= 0.6 is 0 Å². The largest absolute Gasteiger partial charge is 0.468 e. The number of methoxy groups -OCH3 is 2. The molecule has 0 aromatic heterocycles. The zero-order chi connectivity index (χ0) is 17.2. The van der Waals surface area contributed by atoms with Crippen molar-refractivity contribution in [3.05, 3.63) is 11.6 Å². The lowest BCUT2D eigenvalue weighted by molar-refractivity contribution is -0.159. The van der Waals surface area contributed by atoms with Gasteiger partial charge in [-0.05, 0) is 36.5 Å². The van der Waals surface area contributed by atoms with Crippen molar-refractivity contribution in [3.63, 3.8) is 0 Å². The number of esters is 2. The smallest absolute Gasteiger partial charge is 0.331 e. The van der Waals surface area contributed by atoms with Gasteiger partial charge in [0.15, 0.2) is 8.32 Å². The molecule has 0 saturated heterocycles. The van der Waals surface area contributed by atoms with E-state index in [1.807, 2.05) is 0 Å². The molecule has 0 bridgehead atoms. The van der Waals surface area contributed by atoms with Crippen LogP contribution in [0.25, 0.3) is 0 Å². The van der Waals surface area contributed by atoms with Crippen LogP contribution in [0.5, 0.6) is 0 Å². The van der Waals surface area contributed by atoms with E-state index in [0.29, 0.717) is 13.0 Å². The van der Waals surface area contributed by atoms with E-state index in [2.05, 4.69) is 33.9 Å². The van der Waals surface area contributed by atoms with Crippen LogP contribution in [0.15, 0.2) is 11.6 Å². The van der Waals surface area contributed by atoms with Crippen LogP contribution in [0, 0.1) is 5.41 Å². The minimum absolute atomic E-state index is 0.174. The van der Waals surface area contributed by atoms with Crippen LogP contribution in [0.1, 0.15) is 33.6 Å². The topological polar surface area (TPSA) is 61.8 Å². The van der Waals surface area contributed by atoms with Crippen LogP contribution < -0.4 is 0 Å². The average Bonchev–Trinajstić information content (AvgIpc) is 3.16. The minimum Gasteiger partial charge on any atom is -0.468 e. The highest BCUT2D eigenvalue weighted by Crippen LogP contribution is 2.49. The molecule has 126 valence electrons. The van der Waals surface area contributed by atoms with E-state index >= 15 is 0 Å². The summed E-state index contributed by atoms with van der Waals surface area (Å²) in [6.07, 6.45) is 3.05. The number of carbonyl (C=O) groups excluding carboxylic acids is 2. The van der Waals surface area contributed by atoms with Gasteiger partial charge in [0.1, 0.15) is 0 Å². The van der Waals surface area contributed by atoms with Gasteiger partial charge in [0.2, 0.25) is 5.41 Å². The molecule has 0 aromatic rings. The number of hydrogen-bond acceptors (Lipinski definition) is 5. The molecule has 22 heavy (non-hydrogen) atoms. The predicted octanol–water partition coefficient (Wildman–Crippen LogP) is 3.06. The Bertz CT molecular complexity index is 457. The van der Waals surface area contributed by atoms with Gasteiger partial charge in [-0.25, -0.2) is 0 Å². The van der Waals surface area contributed by atoms with Crippen molar-refractivity contribution in [1.29, 1.82) is 0 Å². The SMILES string of the molecule is COC(=O)C1(C(=O)OC)C=C1CCCO[Si](C)(C)C(C)(C)C. The van der Waals surface area contributed by atoms with Gasteiger partial charge < -0.3 is 13.9 Å². The molecule has 0 spiro atoms. The molecule has 5 nitrogen and oxygen atoms in total. The molecule has 0 fully saturated rings. The molecule has 1 rings (SSSR count). The molecule has 0 N–H and O–H groups in total. The minimum atomic E-state index is -1.75. The first-order valence-electron chi connectivity index (χ1n) is 7.56. The van der Waals surface area contributed by atoms with Crippen molar-refractivity contribution in [2.75, 3.05) is 20.8 Å². The van der Waals surface area contributed by atoms with E-state index in [9.17, 15) is 9.59 Å². The first kappa shape index (κ1) is 18.9. The fourth-order valence-electron chi connectivity index (χ4n) is 2.09. The molecule has 0 amide bonds. The van der Waals surface area contributed by atoms with Crippen LogP contribution in [0.2, 0.25) is 18.1 Å². The quantitative estimate of drug-likeness (QED) is 0.236. The number of ether oxygens (including phenoxy) is 2. The van der Waals surface area contributed by atoms with Crippen molar-refractivity contribution in [3.8, 4) is 0 Å². The second kappa shape index (κ2) is 6.54. The van der Waals surface area contributed by atoms with Gasteiger partial charge in [-0.3, -0.25) is 9.59 Å². The Morgan fingerprint density at radius 3 is 2.05 bits per heavy atom. The highest BCUT2D eigenvalue weighted by Gasteiger charge is 2.59. The molecule has 0 aromatic carbocycles. The standard InChI is InChI=1S/C16H28O5Si/c1-15(2,3)22(6,7)21-10-8-9-12-11-16(12,13(17)19-4)14(18)20-5/h11H,8-10H2,1-7H3. The normalized spacial score (nSPS) is 16.8. The molecule has 6 heteroatoms. The van der Waals surface area contributed by atoms with Crippen LogP contribution in [-0.2, 0) is 23.5 Å². The predicted molar refractivity (Wildman–Crippen MR) is 86.9 cm³/mol. The first-order chi connectivity index (χ1) is 10.0. The van der Waals surface area contributed by atoms with Gasteiger partial charge in [0, 0.05) is 6.61 Å². The second-order valence-corrected chi connectivity index (χ2v) is 12.0. The van der Waals surface area contributed by atoms with Crippen molar-refractivity contribution in [2.45, 2.75) is 51.7 Å². The average molecular weight is 328 g/mol. The van der Waals surface area contributed by atoms with E-state index in [1.165, 1.54) is 14.2 Å². The third-order valence-electron chi connectivity index (χ3n) is 4.69. The Morgan fingerprint density at radius 1 is 1.14 bits per heavy atom. The summed E-state index contributed by atoms with van der Waals surface area (Å²) in [5, 5.41) is 0.174. The first-order valence-corrected chi connectivity index (χ1v) is 10.5. The molecular weight excluding hydrogens is 300 g/mol. The molecule has 0 radical (unpaired) electrons. The summed E-state index contributed by atoms with van der Waals surface area (Å²) in [4.78, 5) is 23.7. The third kappa shape index (κ3) is 3.60. The molecule has 0 unspecified atom stereocenters. The van der Waals surface area contributed by atoms with Gasteiger partial charge in [-0.15, -0.1) is 0 Å². The van der Waals surface area contributed by atoms with E-state index < -0.39 is 25.7 Å². The van der Waals surface area contributed by atoms with Gasteiger partial charge in [0.25, 0.3) is 0 Å². The maximum atomic E-state index is 11.8. The highest BCUT2D eigenvalue weighted by molar-refractivity contribution is 6.74. The van der Waals surface area contributed by atoms with E-state index in [4.69, 9.17) is 13.9 Å². The lowest BCUT2D eigenvalue weighted by Crippen LogP contribution is -2.41. The van der Waals surface area contributed by atoms with Crippen molar-refractivity contribution < 1.29 is 23.5 Å². The van der Waals surface area contributed by atoms with E-state index in [0.717, 1.165) is 12.0 Å². The lowest BCUT2D eigenvalue weighted by Gasteiger charge is -2.36. The molecule has 0 saturated carbocycles. The Labute approximate surface area is 134 Å². The monoisotopic (exact) mass is 328 g/mol. The van der Waals surface area contributed by atoms with Crippen LogP contribution in [0.3, 0.4) is 0 Å². The summed E-state index contributed by atoms with van der Waals surface area (Å²) in [5.74, 6) is -1.14. The van der Waals surface area contributed by atoms with Crippen molar-refractivity contribution in [2.24, 2.45) is 5.41 Å². The summed E-state index contributed by atoms with van der Waals surface area (Å²) in [6.45, 7) is 11.6. The summed E-state index contributed by atoms with van der Waals surface area (Å²) < 4.78 is 15.5. The fraction of sp³-hybridized carbons (Fsp3) is 0.750. The van der Waals surface area contributed by atoms with Crippen LogP contribution in [-0.4, -0.2) is 41.1 Å². The van der Waals surface area contributed by atoms with Gasteiger partial charge in [0.05, 0.1) is 14.2 Å². The third-order valence-corrected chi connectivity index (χ3v) is 9.23. The van der Waals surface area contributed by atoms with Crippen molar-refractivity contribution >= 4 is 20.3 Å². The summed E-state index contributed by atoms with van der Waals surface area (Å²) in [5.41, 5.74) is -0.509. The van der Waals surface area contributed by atoms with Crippen molar-refractivity contribution in [1.82, 2.24) is 0 Å². The molecule has 0 atom stereocenters. The highest BCUT2D eigenvalue weighted by atomic mass is 28.4. The Morgan fingerprint density at radius 2 is 1.64 bits per heavy atom. The molecule has 0 heterocycles. The van der Waals surface area contributed by atoms with Gasteiger partial charge >= 0.3 is 11.9 Å². The maximum absolute atomic E-state index is 11.8. The molecular formula is C16H28O5Si. The zero-order valence-electron chi connectivity index (χ0n) is 14.7. The Kier molecular flexibility index (Phi) is 5.62. The summed E-state index contributed by atoms with van der Waals surface area (Å²) in [6, 6.07) is 0.